The van der Waals surface area contributed by atoms with Crippen molar-refractivity contribution in [3.8, 4) is 23.0 Å². The van der Waals surface area contributed by atoms with Crippen molar-refractivity contribution in [2.24, 2.45) is 0 Å². The van der Waals surface area contributed by atoms with E-state index in [1.807, 2.05) is 36.2 Å². The van der Waals surface area contributed by atoms with Crippen LogP contribution < -0.4 is 5.56 Å². The van der Waals surface area contributed by atoms with Crippen LogP contribution in [0.1, 0.15) is 42.1 Å². The van der Waals surface area contributed by atoms with Crippen LogP contribution in [0.15, 0.2) is 53.6 Å². The lowest BCUT2D eigenvalue weighted by molar-refractivity contribution is 0.0270. The topological polar surface area (TPSA) is 98.0 Å². The van der Waals surface area contributed by atoms with Gasteiger partial charge in [0.1, 0.15) is 0 Å². The summed E-state index contributed by atoms with van der Waals surface area (Å²) in [4.78, 5) is 34.1. The fourth-order valence-corrected chi connectivity index (χ4v) is 4.39. The van der Waals surface area contributed by atoms with E-state index in [0.717, 1.165) is 37.1 Å². The molecule has 4 rings (SSSR count). The van der Waals surface area contributed by atoms with Gasteiger partial charge in [-0.25, -0.2) is 9.67 Å². The maximum Gasteiger partial charge on any atom is 0.272 e. The number of benzene rings is 1. The Morgan fingerprint density at radius 3 is 2.70 bits per heavy atom. The fourth-order valence-electron chi connectivity index (χ4n) is 4.39. The van der Waals surface area contributed by atoms with E-state index in [0.29, 0.717) is 23.4 Å². The second-order valence-electron chi connectivity index (χ2n) is 8.31. The molecule has 1 N–H and O–H groups in total. The molecule has 1 fully saturated rings. The highest BCUT2D eigenvalue weighted by molar-refractivity contribution is 5.94. The molecule has 0 aliphatic carbocycles. The van der Waals surface area contributed by atoms with Crippen molar-refractivity contribution in [2.75, 3.05) is 20.1 Å². The van der Waals surface area contributed by atoms with E-state index >= 15 is 0 Å². The van der Waals surface area contributed by atoms with Crippen LogP contribution in [-0.4, -0.2) is 56.8 Å². The van der Waals surface area contributed by atoms with Gasteiger partial charge in [0.25, 0.3) is 11.5 Å². The van der Waals surface area contributed by atoms with Gasteiger partial charge in [0.15, 0.2) is 5.82 Å². The molecule has 170 valence electrons. The van der Waals surface area contributed by atoms with Crippen molar-refractivity contribution in [1.82, 2.24) is 24.6 Å². The number of amides is 1. The number of H-pyrrole nitrogens is 1. The third kappa shape index (κ3) is 4.73. The third-order valence-electron chi connectivity index (χ3n) is 6.27. The zero-order valence-corrected chi connectivity index (χ0v) is 19.0. The number of carbonyl (C=O) groups excluding carboxylic acids is 1. The minimum atomic E-state index is -0.235. The zero-order chi connectivity index (χ0) is 23.4. The smallest absolute Gasteiger partial charge is 0.272 e. The Kier molecular flexibility index (Phi) is 6.71. The van der Waals surface area contributed by atoms with Gasteiger partial charge in [-0.05, 0) is 49.1 Å². The van der Waals surface area contributed by atoms with Gasteiger partial charge >= 0.3 is 0 Å². The highest BCUT2D eigenvalue weighted by atomic mass is 16.2. The summed E-state index contributed by atoms with van der Waals surface area (Å²) >= 11 is 0. The number of pyridine rings is 1. The molecular weight excluding hydrogens is 416 g/mol. The first kappa shape index (κ1) is 22.5. The molecule has 2 aromatic heterocycles. The molecule has 0 radical (unpaired) electrons. The van der Waals surface area contributed by atoms with E-state index in [1.165, 1.54) is 6.42 Å². The quantitative estimate of drug-likeness (QED) is 0.630. The molecule has 3 aromatic rings. The van der Waals surface area contributed by atoms with E-state index in [-0.39, 0.29) is 17.6 Å². The number of nitrogens with one attached hydrogen (secondary N) is 1. The van der Waals surface area contributed by atoms with Crippen LogP contribution in [-0.2, 0) is 6.42 Å². The molecule has 1 saturated heterocycles. The van der Waals surface area contributed by atoms with Gasteiger partial charge in [-0.3, -0.25) is 19.6 Å². The summed E-state index contributed by atoms with van der Waals surface area (Å²) < 4.78 is 1.55. The summed E-state index contributed by atoms with van der Waals surface area (Å²) in [5.41, 5.74) is 2.46. The van der Waals surface area contributed by atoms with Gasteiger partial charge in [0.2, 0.25) is 0 Å². The fraction of sp³-hybridized carbons (Fsp3) is 0.360. The predicted molar refractivity (Wildman–Crippen MR) is 126 cm³/mol. The Labute approximate surface area is 193 Å². The molecule has 3 heterocycles. The summed E-state index contributed by atoms with van der Waals surface area (Å²) in [7, 11) is 1.85. The molecule has 1 aromatic carbocycles. The molecule has 1 aliphatic rings. The van der Waals surface area contributed by atoms with Crippen molar-refractivity contribution in [2.45, 2.75) is 38.8 Å². The first-order valence-electron chi connectivity index (χ1n) is 11.3. The summed E-state index contributed by atoms with van der Waals surface area (Å²) in [6, 6.07) is 12.9. The molecule has 1 unspecified atom stereocenters. The van der Waals surface area contributed by atoms with Crippen LogP contribution in [0.5, 0.6) is 0 Å². The first-order chi connectivity index (χ1) is 16.0. The SMILES string of the molecule is CCN1CCCCC1N(C)C(=O)c1ccc(-n2cc(-c3ccc(CC#N)cc3)c(=O)[nH]2)nc1. The minimum Gasteiger partial charge on any atom is -0.326 e. The van der Waals surface area contributed by atoms with Crippen LogP contribution in [0.2, 0.25) is 0 Å². The molecule has 1 aliphatic heterocycles. The van der Waals surface area contributed by atoms with E-state index < -0.39 is 0 Å². The Hall–Kier alpha value is -3.70. The summed E-state index contributed by atoms with van der Waals surface area (Å²) in [6.45, 7) is 4.06. The van der Waals surface area contributed by atoms with Gasteiger partial charge in [-0.15, -0.1) is 0 Å². The number of hydrogen-bond acceptors (Lipinski definition) is 5. The molecule has 8 nitrogen and oxygen atoms in total. The standard InChI is InChI=1S/C25H28N6O2/c1-3-30-15-5-4-6-23(30)29(2)25(33)20-11-12-22(27-16-20)31-17-21(24(32)28-31)19-9-7-18(8-10-19)13-14-26/h7-12,16-17,23H,3-6,13,15H2,1-2H3,(H,28,32). The highest BCUT2D eigenvalue weighted by Crippen LogP contribution is 2.21. The molecular formula is C25H28N6O2. The molecule has 0 spiro atoms. The van der Waals surface area contributed by atoms with E-state index in [4.69, 9.17) is 5.26 Å². The van der Waals surface area contributed by atoms with Crippen LogP contribution in [0.3, 0.4) is 0 Å². The van der Waals surface area contributed by atoms with Gasteiger partial charge in [0, 0.05) is 26.0 Å². The van der Waals surface area contributed by atoms with Crippen molar-refractivity contribution in [1.29, 1.82) is 5.26 Å². The lowest BCUT2D eigenvalue weighted by atomic mass is 10.1. The van der Waals surface area contributed by atoms with Crippen molar-refractivity contribution in [3.63, 3.8) is 0 Å². The average Bonchev–Trinajstić information content (AvgIpc) is 3.25. The highest BCUT2D eigenvalue weighted by Gasteiger charge is 2.28. The van der Waals surface area contributed by atoms with Crippen molar-refractivity contribution in [3.05, 3.63) is 70.3 Å². The molecule has 1 amide bonds. The number of aromatic nitrogens is 3. The summed E-state index contributed by atoms with van der Waals surface area (Å²) in [6.07, 6.45) is 6.97. The molecule has 1 atom stereocenters. The van der Waals surface area contributed by atoms with Crippen LogP contribution in [0, 0.1) is 11.3 Å². The second-order valence-corrected chi connectivity index (χ2v) is 8.31. The number of nitriles is 1. The number of aromatic amines is 1. The van der Waals surface area contributed by atoms with Crippen LogP contribution in [0.25, 0.3) is 16.9 Å². The number of rotatable bonds is 6. The number of carbonyl (C=O) groups is 1. The number of likely N-dealkylation sites (tertiary alicyclic amines) is 1. The lowest BCUT2D eigenvalue weighted by Crippen LogP contribution is -2.51. The first-order valence-corrected chi connectivity index (χ1v) is 11.3. The van der Waals surface area contributed by atoms with Gasteiger partial charge in [-0.1, -0.05) is 31.2 Å². The Balaban J connectivity index is 1.51. The third-order valence-corrected chi connectivity index (χ3v) is 6.27. The number of piperidine rings is 1. The van der Waals surface area contributed by atoms with Crippen LogP contribution in [0.4, 0.5) is 0 Å². The Bertz CT molecular complexity index is 1200. The summed E-state index contributed by atoms with van der Waals surface area (Å²) in [5, 5.41) is 11.6. The maximum atomic E-state index is 13.0. The van der Waals surface area contributed by atoms with Crippen molar-refractivity contribution < 1.29 is 4.79 Å². The van der Waals surface area contributed by atoms with Gasteiger partial charge in [0.05, 0.1) is 29.8 Å². The molecule has 33 heavy (non-hydrogen) atoms. The summed E-state index contributed by atoms with van der Waals surface area (Å²) in [5.74, 6) is 0.463. The average molecular weight is 445 g/mol. The van der Waals surface area contributed by atoms with E-state index in [1.54, 1.807) is 29.2 Å². The maximum absolute atomic E-state index is 13.0. The normalized spacial score (nSPS) is 16.3. The Morgan fingerprint density at radius 2 is 2.03 bits per heavy atom. The molecule has 8 heteroatoms. The molecule has 0 bridgehead atoms. The Morgan fingerprint density at radius 1 is 1.24 bits per heavy atom. The largest absolute Gasteiger partial charge is 0.326 e. The van der Waals surface area contributed by atoms with Crippen LogP contribution >= 0.6 is 0 Å². The zero-order valence-electron chi connectivity index (χ0n) is 19.0. The lowest BCUT2D eigenvalue weighted by Gasteiger charge is -2.40. The monoisotopic (exact) mass is 444 g/mol. The minimum absolute atomic E-state index is 0.0569. The van der Waals surface area contributed by atoms with Crippen molar-refractivity contribution >= 4 is 5.91 Å². The van der Waals surface area contributed by atoms with Gasteiger partial charge < -0.3 is 4.90 Å². The van der Waals surface area contributed by atoms with Gasteiger partial charge in [-0.2, -0.15) is 5.26 Å². The van der Waals surface area contributed by atoms with E-state index in [2.05, 4.69) is 28.0 Å². The molecule has 0 saturated carbocycles. The number of nitrogens with zero attached hydrogens (tertiary/aromatic N) is 5. The second kappa shape index (κ2) is 9.84. The van der Waals surface area contributed by atoms with E-state index in [9.17, 15) is 9.59 Å². The number of hydrogen-bond donors (Lipinski definition) is 1. The predicted octanol–water partition coefficient (Wildman–Crippen LogP) is 3.20.